The Balaban J connectivity index is 1.54. The molecular formula is C15H16N4OS. The van der Waals surface area contributed by atoms with Crippen molar-refractivity contribution in [1.82, 2.24) is 9.36 Å². The van der Waals surface area contributed by atoms with Gasteiger partial charge < -0.3 is 10.2 Å². The fourth-order valence-electron chi connectivity index (χ4n) is 2.72. The van der Waals surface area contributed by atoms with Crippen molar-refractivity contribution in [2.75, 3.05) is 16.8 Å². The number of rotatable bonds is 3. The van der Waals surface area contributed by atoms with Crippen molar-refractivity contribution < 1.29 is 4.79 Å². The van der Waals surface area contributed by atoms with Gasteiger partial charge in [-0.1, -0.05) is 0 Å². The van der Waals surface area contributed by atoms with E-state index in [1.54, 1.807) is 6.92 Å². The van der Waals surface area contributed by atoms with Crippen LogP contribution >= 0.6 is 11.5 Å². The summed E-state index contributed by atoms with van der Waals surface area (Å²) in [7, 11) is 0. The van der Waals surface area contributed by atoms with Crippen LogP contribution in [0.1, 0.15) is 37.1 Å². The molecule has 0 atom stereocenters. The molecule has 0 radical (unpaired) electrons. The zero-order valence-corrected chi connectivity index (χ0v) is 12.6. The predicted molar refractivity (Wildman–Crippen MR) is 83.3 cm³/mol. The molecule has 1 aromatic heterocycles. The van der Waals surface area contributed by atoms with Gasteiger partial charge in [-0.05, 0) is 43.0 Å². The molecule has 0 saturated heterocycles. The molecule has 21 heavy (non-hydrogen) atoms. The van der Waals surface area contributed by atoms with E-state index in [-0.39, 0.29) is 5.91 Å². The number of benzene rings is 1. The first-order chi connectivity index (χ1) is 10.2. The van der Waals surface area contributed by atoms with Crippen LogP contribution in [-0.2, 0) is 11.2 Å². The van der Waals surface area contributed by atoms with Gasteiger partial charge in [-0.3, -0.25) is 4.79 Å². The molecule has 2 heterocycles. The zero-order valence-electron chi connectivity index (χ0n) is 11.8. The van der Waals surface area contributed by atoms with Gasteiger partial charge in [0, 0.05) is 42.3 Å². The largest absolute Gasteiger partial charge is 0.330 e. The SMILES string of the molecule is CC(=O)N1CCc2cc(Nc3nc(C4CC4)ns3)ccc21. The first kappa shape index (κ1) is 12.8. The van der Waals surface area contributed by atoms with E-state index in [2.05, 4.69) is 20.7 Å². The van der Waals surface area contributed by atoms with Crippen LogP contribution in [0.5, 0.6) is 0 Å². The van der Waals surface area contributed by atoms with Crippen LogP contribution in [0.25, 0.3) is 0 Å². The lowest BCUT2D eigenvalue weighted by atomic mass is 10.1. The minimum Gasteiger partial charge on any atom is -0.330 e. The Hall–Kier alpha value is -1.95. The number of nitrogens with one attached hydrogen (secondary N) is 1. The van der Waals surface area contributed by atoms with Gasteiger partial charge in [0.25, 0.3) is 0 Å². The molecule has 0 spiro atoms. The Kier molecular flexibility index (Phi) is 2.92. The summed E-state index contributed by atoms with van der Waals surface area (Å²) in [5.41, 5.74) is 3.25. The molecule has 1 saturated carbocycles. The van der Waals surface area contributed by atoms with E-state index in [0.717, 1.165) is 35.3 Å². The summed E-state index contributed by atoms with van der Waals surface area (Å²) >= 11 is 1.41. The van der Waals surface area contributed by atoms with Crippen LogP contribution in [0.4, 0.5) is 16.5 Å². The Morgan fingerprint density at radius 2 is 2.29 bits per heavy atom. The molecule has 2 aliphatic rings. The molecule has 4 rings (SSSR count). The average molecular weight is 300 g/mol. The van der Waals surface area contributed by atoms with Crippen molar-refractivity contribution >= 4 is 33.9 Å². The fourth-order valence-corrected chi connectivity index (χ4v) is 3.39. The second kappa shape index (κ2) is 4.80. The van der Waals surface area contributed by atoms with Crippen molar-refractivity contribution in [3.63, 3.8) is 0 Å². The summed E-state index contributed by atoms with van der Waals surface area (Å²) in [4.78, 5) is 17.9. The van der Waals surface area contributed by atoms with Crippen LogP contribution in [-0.4, -0.2) is 21.8 Å². The monoisotopic (exact) mass is 300 g/mol. The third-order valence-electron chi connectivity index (χ3n) is 3.99. The first-order valence-corrected chi connectivity index (χ1v) is 8.00. The van der Waals surface area contributed by atoms with E-state index in [1.807, 2.05) is 17.0 Å². The molecule has 5 nitrogen and oxygen atoms in total. The number of fused-ring (bicyclic) bond motifs is 1. The van der Waals surface area contributed by atoms with Gasteiger partial charge in [0.15, 0.2) is 0 Å². The number of nitrogens with zero attached hydrogens (tertiary/aromatic N) is 3. The molecule has 108 valence electrons. The molecular weight excluding hydrogens is 284 g/mol. The number of amides is 1. The lowest BCUT2D eigenvalue weighted by molar-refractivity contribution is -0.116. The lowest BCUT2D eigenvalue weighted by Crippen LogP contribution is -2.25. The highest BCUT2D eigenvalue weighted by molar-refractivity contribution is 7.09. The number of hydrogen-bond donors (Lipinski definition) is 1. The van der Waals surface area contributed by atoms with Crippen LogP contribution < -0.4 is 10.2 Å². The minimum atomic E-state index is 0.104. The molecule has 2 aromatic rings. The van der Waals surface area contributed by atoms with Crippen molar-refractivity contribution in [1.29, 1.82) is 0 Å². The Morgan fingerprint density at radius 1 is 1.43 bits per heavy atom. The normalized spacial score (nSPS) is 16.9. The van der Waals surface area contributed by atoms with Crippen LogP contribution in [0.3, 0.4) is 0 Å². The maximum atomic E-state index is 11.6. The summed E-state index contributed by atoms with van der Waals surface area (Å²) in [6.07, 6.45) is 3.35. The van der Waals surface area contributed by atoms with Crippen molar-refractivity contribution in [3.8, 4) is 0 Å². The number of anilines is 3. The van der Waals surface area contributed by atoms with Gasteiger partial charge in [-0.25, -0.2) is 4.98 Å². The summed E-state index contributed by atoms with van der Waals surface area (Å²) in [5, 5.41) is 4.17. The number of carbonyl (C=O) groups excluding carboxylic acids is 1. The smallest absolute Gasteiger partial charge is 0.223 e. The summed E-state index contributed by atoms with van der Waals surface area (Å²) in [6.45, 7) is 2.39. The topological polar surface area (TPSA) is 58.1 Å². The van der Waals surface area contributed by atoms with Gasteiger partial charge >= 0.3 is 0 Å². The van der Waals surface area contributed by atoms with Gasteiger partial charge in [0.05, 0.1) is 0 Å². The van der Waals surface area contributed by atoms with E-state index in [0.29, 0.717) is 5.92 Å². The summed E-state index contributed by atoms with van der Waals surface area (Å²) in [5.74, 6) is 1.67. The average Bonchev–Trinajstić information content (AvgIpc) is 3.06. The third kappa shape index (κ3) is 2.40. The molecule has 1 aliphatic carbocycles. The Bertz CT molecular complexity index is 707. The van der Waals surface area contributed by atoms with E-state index in [9.17, 15) is 4.79 Å². The van der Waals surface area contributed by atoms with Gasteiger partial charge in [0.2, 0.25) is 11.0 Å². The van der Waals surface area contributed by atoms with Crippen LogP contribution in [0.2, 0.25) is 0 Å². The molecule has 1 aliphatic heterocycles. The fraction of sp³-hybridized carbons (Fsp3) is 0.400. The van der Waals surface area contributed by atoms with E-state index in [1.165, 1.54) is 29.9 Å². The van der Waals surface area contributed by atoms with Crippen molar-refractivity contribution in [2.24, 2.45) is 0 Å². The highest BCUT2D eigenvalue weighted by Crippen LogP contribution is 2.39. The molecule has 0 unspecified atom stereocenters. The molecule has 6 heteroatoms. The van der Waals surface area contributed by atoms with Crippen molar-refractivity contribution in [2.45, 2.75) is 32.1 Å². The molecule has 1 amide bonds. The number of carbonyl (C=O) groups is 1. The maximum Gasteiger partial charge on any atom is 0.223 e. The molecule has 0 bridgehead atoms. The highest BCUT2D eigenvalue weighted by Gasteiger charge is 2.28. The van der Waals surface area contributed by atoms with E-state index in [4.69, 9.17) is 0 Å². The standard InChI is InChI=1S/C15H16N4OS/c1-9(20)19-7-6-11-8-12(4-5-13(11)19)16-15-17-14(18-21-15)10-2-3-10/h4-5,8,10H,2-3,6-7H2,1H3,(H,16,17,18). The van der Waals surface area contributed by atoms with Crippen molar-refractivity contribution in [3.05, 3.63) is 29.6 Å². The molecule has 1 aromatic carbocycles. The highest BCUT2D eigenvalue weighted by atomic mass is 32.1. The van der Waals surface area contributed by atoms with Crippen LogP contribution in [0.15, 0.2) is 18.2 Å². The Morgan fingerprint density at radius 3 is 3.05 bits per heavy atom. The van der Waals surface area contributed by atoms with Gasteiger partial charge in [-0.2, -0.15) is 4.37 Å². The number of hydrogen-bond acceptors (Lipinski definition) is 5. The summed E-state index contributed by atoms with van der Waals surface area (Å²) < 4.78 is 4.40. The zero-order chi connectivity index (χ0) is 14.4. The quantitative estimate of drug-likeness (QED) is 0.946. The van der Waals surface area contributed by atoms with E-state index < -0.39 is 0 Å². The van der Waals surface area contributed by atoms with Gasteiger partial charge in [0.1, 0.15) is 5.82 Å². The number of aromatic nitrogens is 2. The van der Waals surface area contributed by atoms with Crippen LogP contribution in [0, 0.1) is 0 Å². The maximum absolute atomic E-state index is 11.6. The first-order valence-electron chi connectivity index (χ1n) is 7.22. The second-order valence-corrected chi connectivity index (χ2v) is 6.37. The third-order valence-corrected chi connectivity index (χ3v) is 4.64. The second-order valence-electron chi connectivity index (χ2n) is 5.62. The Labute approximate surface area is 127 Å². The van der Waals surface area contributed by atoms with Gasteiger partial charge in [-0.15, -0.1) is 0 Å². The lowest BCUT2D eigenvalue weighted by Gasteiger charge is -2.14. The summed E-state index contributed by atoms with van der Waals surface area (Å²) in [6, 6.07) is 6.11. The van der Waals surface area contributed by atoms with E-state index >= 15 is 0 Å². The predicted octanol–water partition coefficient (Wildman–Crippen LogP) is 3.07. The minimum absolute atomic E-state index is 0.104. The molecule has 1 N–H and O–H groups in total. The molecule has 1 fully saturated rings.